The van der Waals surface area contributed by atoms with E-state index in [0.717, 1.165) is 30.1 Å². The Balaban J connectivity index is 1.66. The second kappa shape index (κ2) is 6.37. The first kappa shape index (κ1) is 17.0. The zero-order valence-corrected chi connectivity index (χ0v) is 16.4. The maximum Gasteiger partial charge on any atom is 0.0743 e. The first-order valence-electron chi connectivity index (χ1n) is 10.2. The van der Waals surface area contributed by atoms with E-state index in [-0.39, 0.29) is 0 Å². The van der Waals surface area contributed by atoms with Crippen LogP contribution in [0.3, 0.4) is 0 Å². The first-order valence-corrected chi connectivity index (χ1v) is 10.2. The van der Waals surface area contributed by atoms with Gasteiger partial charge in [-0.1, -0.05) is 52.0 Å². The lowest BCUT2D eigenvalue weighted by molar-refractivity contribution is 0.288. The van der Waals surface area contributed by atoms with Crippen LogP contribution in [-0.4, -0.2) is 11.4 Å². The van der Waals surface area contributed by atoms with Crippen LogP contribution in [0.1, 0.15) is 58.6 Å². The van der Waals surface area contributed by atoms with Crippen molar-refractivity contribution in [3.05, 3.63) is 35.4 Å². The van der Waals surface area contributed by atoms with E-state index in [4.69, 9.17) is 5.10 Å². The molecule has 2 saturated carbocycles. The molecular weight excluding hydrogens is 304 g/mol. The minimum Gasteiger partial charge on any atom is -0.160 e. The van der Waals surface area contributed by atoms with Gasteiger partial charge in [-0.05, 0) is 66.9 Å². The lowest BCUT2D eigenvalue weighted by Crippen LogP contribution is -2.36. The summed E-state index contributed by atoms with van der Waals surface area (Å²) < 4.78 is 0. The number of nitrogens with zero attached hydrogens (tertiary/aromatic N) is 2. The Morgan fingerprint density at radius 2 is 1.56 bits per heavy atom. The Labute approximate surface area is 152 Å². The van der Waals surface area contributed by atoms with Gasteiger partial charge in [-0.2, -0.15) is 10.2 Å². The Morgan fingerprint density at radius 3 is 2.16 bits per heavy atom. The summed E-state index contributed by atoms with van der Waals surface area (Å²) >= 11 is 0. The molecule has 0 radical (unpaired) electrons. The van der Waals surface area contributed by atoms with Crippen LogP contribution in [0.15, 0.2) is 34.5 Å². The second-order valence-corrected chi connectivity index (χ2v) is 9.30. The molecule has 0 N–H and O–H groups in total. The molecule has 4 rings (SSSR count). The molecule has 2 heteroatoms. The number of fused-ring (bicyclic) bond motifs is 5. The molecule has 1 aliphatic heterocycles. The molecule has 2 nitrogen and oxygen atoms in total. The largest absolute Gasteiger partial charge is 0.160 e. The van der Waals surface area contributed by atoms with Crippen molar-refractivity contribution < 1.29 is 0 Å². The molecule has 2 aliphatic carbocycles. The van der Waals surface area contributed by atoms with Gasteiger partial charge in [0.1, 0.15) is 0 Å². The molecule has 5 atom stereocenters. The molecule has 0 amide bonds. The third kappa shape index (κ3) is 2.78. The van der Waals surface area contributed by atoms with Crippen molar-refractivity contribution in [3.8, 4) is 0 Å². The van der Waals surface area contributed by atoms with Crippen molar-refractivity contribution in [2.45, 2.75) is 53.9 Å². The van der Waals surface area contributed by atoms with Crippen LogP contribution >= 0.6 is 0 Å². The Morgan fingerprint density at radius 1 is 0.920 bits per heavy atom. The van der Waals surface area contributed by atoms with E-state index in [2.05, 4.69) is 64.0 Å². The van der Waals surface area contributed by atoms with E-state index in [1.165, 1.54) is 35.4 Å². The average Bonchev–Trinajstić information content (AvgIpc) is 3.13. The fourth-order valence-corrected chi connectivity index (χ4v) is 6.19. The predicted octanol–water partition coefficient (Wildman–Crippen LogP) is 5.61. The maximum absolute atomic E-state index is 4.73. The third-order valence-electron chi connectivity index (χ3n) is 6.91. The van der Waals surface area contributed by atoms with Gasteiger partial charge in [0.15, 0.2) is 0 Å². The van der Waals surface area contributed by atoms with E-state index in [0.29, 0.717) is 17.8 Å². The van der Waals surface area contributed by atoms with Crippen molar-refractivity contribution in [3.63, 3.8) is 0 Å². The highest BCUT2D eigenvalue weighted by atomic mass is 15.2. The molecule has 3 aliphatic rings. The number of benzene rings is 1. The third-order valence-corrected chi connectivity index (χ3v) is 6.91. The van der Waals surface area contributed by atoms with Crippen LogP contribution in [0, 0.1) is 41.4 Å². The Bertz CT molecular complexity index is 695. The van der Waals surface area contributed by atoms with E-state index >= 15 is 0 Å². The minimum atomic E-state index is 0.597. The van der Waals surface area contributed by atoms with E-state index in [9.17, 15) is 0 Å². The van der Waals surface area contributed by atoms with Crippen molar-refractivity contribution in [1.82, 2.24) is 0 Å². The smallest absolute Gasteiger partial charge is 0.0743 e. The second-order valence-electron chi connectivity index (χ2n) is 9.30. The van der Waals surface area contributed by atoms with Gasteiger partial charge in [0, 0.05) is 17.5 Å². The minimum absolute atomic E-state index is 0.597. The molecule has 0 spiro atoms. The molecule has 0 saturated heterocycles. The van der Waals surface area contributed by atoms with Crippen LogP contribution in [0.4, 0.5) is 0 Å². The van der Waals surface area contributed by atoms with Crippen LogP contribution in [0.2, 0.25) is 0 Å². The van der Waals surface area contributed by atoms with Gasteiger partial charge in [0.2, 0.25) is 0 Å². The van der Waals surface area contributed by atoms with Crippen LogP contribution in [0.5, 0.6) is 0 Å². The van der Waals surface area contributed by atoms with Crippen molar-refractivity contribution in [1.29, 1.82) is 0 Å². The van der Waals surface area contributed by atoms with Crippen molar-refractivity contribution in [2.24, 2.45) is 51.6 Å². The van der Waals surface area contributed by atoms with E-state index < -0.39 is 0 Å². The highest BCUT2D eigenvalue weighted by Crippen LogP contribution is 2.60. The van der Waals surface area contributed by atoms with Gasteiger partial charge in [-0.15, -0.1) is 0 Å². The summed E-state index contributed by atoms with van der Waals surface area (Å²) in [5.74, 6) is 5.17. The van der Waals surface area contributed by atoms with E-state index in [1.807, 2.05) is 0 Å². The lowest BCUT2D eigenvalue weighted by atomic mass is 9.72. The molecule has 5 unspecified atom stereocenters. The molecule has 2 fully saturated rings. The summed E-state index contributed by atoms with van der Waals surface area (Å²) in [4.78, 5) is 0. The topological polar surface area (TPSA) is 24.7 Å². The summed E-state index contributed by atoms with van der Waals surface area (Å²) in [6.45, 7) is 11.6. The molecule has 2 bridgehead atoms. The Kier molecular flexibility index (Phi) is 4.33. The fraction of sp³-hybridized carbons (Fsp3) is 0.652. The molecule has 0 aromatic heterocycles. The predicted molar refractivity (Wildman–Crippen MR) is 106 cm³/mol. The number of hydrogen-bond acceptors (Lipinski definition) is 2. The highest BCUT2D eigenvalue weighted by molar-refractivity contribution is 6.07. The van der Waals surface area contributed by atoms with Crippen LogP contribution in [0.25, 0.3) is 0 Å². The zero-order valence-electron chi connectivity index (χ0n) is 16.4. The quantitative estimate of drug-likeness (QED) is 0.683. The van der Waals surface area contributed by atoms with Gasteiger partial charge >= 0.3 is 0 Å². The fourth-order valence-electron chi connectivity index (χ4n) is 6.19. The summed E-state index contributed by atoms with van der Waals surface area (Å²) in [5, 5.41) is 9.35. The summed E-state index contributed by atoms with van der Waals surface area (Å²) in [7, 11) is 0. The number of hydrogen-bond donors (Lipinski definition) is 0. The zero-order chi connectivity index (χ0) is 17.7. The number of rotatable bonds is 4. The molecular formula is C23H32N2. The molecule has 25 heavy (non-hydrogen) atoms. The first-order chi connectivity index (χ1) is 12.0. The molecule has 1 heterocycles. The van der Waals surface area contributed by atoms with E-state index in [1.54, 1.807) is 0 Å². The molecule has 1 aromatic carbocycles. The maximum atomic E-state index is 4.73. The van der Waals surface area contributed by atoms with Crippen LogP contribution < -0.4 is 0 Å². The van der Waals surface area contributed by atoms with Gasteiger partial charge in [-0.3, -0.25) is 0 Å². The van der Waals surface area contributed by atoms with Crippen LogP contribution in [-0.2, 0) is 6.42 Å². The average molecular weight is 337 g/mol. The van der Waals surface area contributed by atoms with Gasteiger partial charge in [-0.25, -0.2) is 0 Å². The van der Waals surface area contributed by atoms with Gasteiger partial charge in [0.05, 0.1) is 5.71 Å². The highest BCUT2D eigenvalue weighted by Gasteiger charge is 2.58. The Hall–Kier alpha value is -1.44. The summed E-state index contributed by atoms with van der Waals surface area (Å²) in [6.07, 6.45) is 3.92. The standard InChI is InChI=1S/C23H32N2/c1-13(2)12-16-6-8-17(9-7-16)23-22-19-11-10-18(20(19)14(3)4)21(22)15(5)24-25-23/h6-9,13-14,18-22H,10-12H2,1-5H3. The monoisotopic (exact) mass is 336 g/mol. The van der Waals surface area contributed by atoms with Crippen molar-refractivity contribution >= 4 is 11.4 Å². The summed E-state index contributed by atoms with van der Waals surface area (Å²) in [6, 6.07) is 9.18. The molecule has 1 aromatic rings. The SMILES string of the molecule is CC1=NN=C(c2ccc(CC(C)C)cc2)C2C3CCC(C12)C3C(C)C. The molecule has 134 valence electrons. The van der Waals surface area contributed by atoms with Gasteiger partial charge in [0.25, 0.3) is 0 Å². The normalized spacial score (nSPS) is 33.6. The van der Waals surface area contributed by atoms with Gasteiger partial charge < -0.3 is 0 Å². The lowest BCUT2D eigenvalue weighted by Gasteiger charge is -2.33. The van der Waals surface area contributed by atoms with Crippen molar-refractivity contribution in [2.75, 3.05) is 0 Å². The summed E-state index contributed by atoms with van der Waals surface area (Å²) in [5.41, 5.74) is 5.28.